The van der Waals surface area contributed by atoms with E-state index in [1.165, 1.54) is 19.1 Å². The average Bonchev–Trinajstić information content (AvgIpc) is 2.84. The van der Waals surface area contributed by atoms with Gasteiger partial charge in [-0.2, -0.15) is 0 Å². The summed E-state index contributed by atoms with van der Waals surface area (Å²) in [6, 6.07) is 9.43. The zero-order chi connectivity index (χ0) is 25.1. The monoisotopic (exact) mass is 510 g/mol. The van der Waals surface area contributed by atoms with Gasteiger partial charge >= 0.3 is 0 Å². The Labute approximate surface area is 211 Å². The van der Waals surface area contributed by atoms with Crippen LogP contribution in [0, 0.1) is 0 Å². The van der Waals surface area contributed by atoms with Gasteiger partial charge in [-0.3, -0.25) is 9.59 Å². The Hall–Kier alpha value is -2.64. The van der Waals surface area contributed by atoms with Crippen molar-refractivity contribution in [1.82, 2.24) is 10.2 Å². The maximum absolute atomic E-state index is 13.4. The predicted molar refractivity (Wildman–Crippen MR) is 134 cm³/mol. The fourth-order valence-electron chi connectivity index (χ4n) is 3.37. The maximum atomic E-state index is 13.4. The van der Waals surface area contributed by atoms with E-state index < -0.39 is 6.04 Å². The topological polar surface area (TPSA) is 77.1 Å². The van der Waals surface area contributed by atoms with Crippen LogP contribution in [0.25, 0.3) is 0 Å². The van der Waals surface area contributed by atoms with E-state index in [0.29, 0.717) is 45.8 Å². The molecule has 34 heavy (non-hydrogen) atoms. The molecule has 2 aromatic carbocycles. The lowest BCUT2D eigenvalue weighted by Crippen LogP contribution is -2.50. The van der Waals surface area contributed by atoms with Crippen LogP contribution >= 0.6 is 23.2 Å². The van der Waals surface area contributed by atoms with Crippen LogP contribution in [0.4, 0.5) is 0 Å². The van der Waals surface area contributed by atoms with Crippen LogP contribution in [0.1, 0.15) is 38.7 Å². The van der Waals surface area contributed by atoms with Crippen molar-refractivity contribution in [3.05, 3.63) is 52.0 Å². The number of hydrogen-bond donors (Lipinski definition) is 1. The number of carbonyl (C=O) groups excluding carboxylic acids is 2. The van der Waals surface area contributed by atoms with Gasteiger partial charge in [-0.05, 0) is 25.0 Å². The van der Waals surface area contributed by atoms with E-state index in [1.54, 1.807) is 36.4 Å². The van der Waals surface area contributed by atoms with Crippen molar-refractivity contribution in [2.45, 2.75) is 45.7 Å². The third-order valence-electron chi connectivity index (χ3n) is 5.29. The summed E-state index contributed by atoms with van der Waals surface area (Å²) in [5.41, 5.74) is 0.571. The Kier molecular flexibility index (Phi) is 11.3. The molecule has 1 unspecified atom stereocenters. The number of unbranched alkanes of at least 4 members (excludes halogenated alkanes) is 1. The summed E-state index contributed by atoms with van der Waals surface area (Å²) in [4.78, 5) is 27.8. The molecule has 0 spiro atoms. The summed E-state index contributed by atoms with van der Waals surface area (Å²) in [5.74, 6) is 0.859. The number of carbonyl (C=O) groups is 2. The molecule has 0 aliphatic heterocycles. The fourth-order valence-corrected chi connectivity index (χ4v) is 3.89. The molecule has 2 aromatic rings. The molecule has 0 aromatic heterocycles. The molecule has 0 fully saturated rings. The van der Waals surface area contributed by atoms with Gasteiger partial charge in [0.25, 0.3) is 5.91 Å². The van der Waals surface area contributed by atoms with Gasteiger partial charge in [0.1, 0.15) is 23.3 Å². The Morgan fingerprint density at radius 3 is 2.12 bits per heavy atom. The molecule has 9 heteroatoms. The number of ether oxygens (including phenoxy) is 3. The first-order chi connectivity index (χ1) is 16.3. The molecular weight excluding hydrogens is 479 g/mol. The number of halogens is 2. The Balaban J connectivity index is 2.28. The van der Waals surface area contributed by atoms with E-state index in [0.717, 1.165) is 12.8 Å². The largest absolute Gasteiger partial charge is 0.496 e. The van der Waals surface area contributed by atoms with Gasteiger partial charge in [0, 0.05) is 46.9 Å². The lowest BCUT2D eigenvalue weighted by atomic mass is 10.1. The number of nitrogens with one attached hydrogen (secondary N) is 1. The predicted octanol–water partition coefficient (Wildman–Crippen LogP) is 5.11. The third kappa shape index (κ3) is 7.71. The first-order valence-corrected chi connectivity index (χ1v) is 12.0. The molecule has 2 amide bonds. The molecule has 0 aliphatic rings. The number of amides is 2. The highest BCUT2D eigenvalue weighted by atomic mass is 35.5. The van der Waals surface area contributed by atoms with Gasteiger partial charge in [0.2, 0.25) is 5.91 Å². The Morgan fingerprint density at radius 2 is 1.59 bits per heavy atom. The van der Waals surface area contributed by atoms with Crippen molar-refractivity contribution in [3.63, 3.8) is 0 Å². The molecule has 0 saturated heterocycles. The molecule has 0 aliphatic carbocycles. The van der Waals surface area contributed by atoms with Crippen LogP contribution in [-0.2, 0) is 16.1 Å². The lowest BCUT2D eigenvalue weighted by molar-refractivity contribution is -0.143. The average molecular weight is 511 g/mol. The number of rotatable bonds is 13. The van der Waals surface area contributed by atoms with Crippen LogP contribution < -0.4 is 19.5 Å². The normalized spacial score (nSPS) is 11.5. The highest BCUT2D eigenvalue weighted by Crippen LogP contribution is 2.29. The molecule has 7 nitrogen and oxygen atoms in total. The minimum absolute atomic E-state index is 0.0713. The molecule has 1 N–H and O–H groups in total. The molecule has 0 heterocycles. The fraction of sp³-hybridized carbons (Fsp3) is 0.440. The smallest absolute Gasteiger partial charge is 0.261 e. The van der Waals surface area contributed by atoms with Crippen molar-refractivity contribution in [2.75, 3.05) is 27.4 Å². The van der Waals surface area contributed by atoms with Crippen molar-refractivity contribution < 1.29 is 23.8 Å². The Bertz CT molecular complexity index is 928. The van der Waals surface area contributed by atoms with Crippen molar-refractivity contribution in [3.8, 4) is 17.2 Å². The van der Waals surface area contributed by atoms with E-state index >= 15 is 0 Å². The van der Waals surface area contributed by atoms with Gasteiger partial charge in [-0.15, -0.1) is 0 Å². The molecule has 2 rings (SSSR count). The van der Waals surface area contributed by atoms with Gasteiger partial charge in [0.05, 0.1) is 14.2 Å². The van der Waals surface area contributed by atoms with Crippen LogP contribution in [0.3, 0.4) is 0 Å². The summed E-state index contributed by atoms with van der Waals surface area (Å²) < 4.78 is 16.3. The quantitative estimate of drug-likeness (QED) is 0.378. The van der Waals surface area contributed by atoms with Crippen molar-refractivity contribution in [1.29, 1.82) is 0 Å². The van der Waals surface area contributed by atoms with E-state index in [2.05, 4.69) is 5.32 Å². The summed E-state index contributed by atoms with van der Waals surface area (Å²) >= 11 is 12.7. The molecule has 0 bridgehead atoms. The second-order valence-electron chi connectivity index (χ2n) is 7.63. The van der Waals surface area contributed by atoms with E-state index in [1.807, 2.05) is 13.8 Å². The van der Waals surface area contributed by atoms with E-state index in [4.69, 9.17) is 37.4 Å². The van der Waals surface area contributed by atoms with Crippen LogP contribution in [0.5, 0.6) is 17.2 Å². The number of benzene rings is 2. The Morgan fingerprint density at radius 1 is 1.00 bits per heavy atom. The standard InChI is InChI=1S/C25H32Cl2N2O5/c1-5-7-11-28-25(31)23(6-2)29(15-20-21(26)9-8-10-22(20)27)24(30)16-34-19-13-17(32-3)12-18(14-19)33-4/h8-10,12-14,23H,5-7,11,15-16H2,1-4H3,(H,28,31). The van der Waals surface area contributed by atoms with Crippen LogP contribution in [0.2, 0.25) is 10.0 Å². The maximum Gasteiger partial charge on any atom is 0.261 e. The summed E-state index contributed by atoms with van der Waals surface area (Å²) in [5, 5.41) is 3.76. The van der Waals surface area contributed by atoms with Crippen molar-refractivity contribution in [2.24, 2.45) is 0 Å². The van der Waals surface area contributed by atoms with Gasteiger partial charge in [0.15, 0.2) is 6.61 Å². The number of methoxy groups -OCH3 is 2. The minimum Gasteiger partial charge on any atom is -0.496 e. The second kappa shape index (κ2) is 13.9. The first-order valence-electron chi connectivity index (χ1n) is 11.2. The third-order valence-corrected chi connectivity index (χ3v) is 6.00. The number of hydrogen-bond acceptors (Lipinski definition) is 5. The van der Waals surface area contributed by atoms with Crippen LogP contribution in [-0.4, -0.2) is 50.1 Å². The molecule has 0 saturated carbocycles. The zero-order valence-electron chi connectivity index (χ0n) is 20.0. The van der Waals surface area contributed by atoms with Gasteiger partial charge < -0.3 is 24.4 Å². The summed E-state index contributed by atoms with van der Waals surface area (Å²) in [6.07, 6.45) is 2.22. The molecule has 186 valence electrons. The SMILES string of the molecule is CCCCNC(=O)C(CC)N(Cc1c(Cl)cccc1Cl)C(=O)COc1cc(OC)cc(OC)c1. The summed E-state index contributed by atoms with van der Waals surface area (Å²) in [7, 11) is 3.06. The molecule has 1 atom stereocenters. The van der Waals surface area contributed by atoms with Crippen LogP contribution in [0.15, 0.2) is 36.4 Å². The van der Waals surface area contributed by atoms with Gasteiger partial charge in [-0.1, -0.05) is 49.5 Å². The number of nitrogens with zero attached hydrogens (tertiary/aromatic N) is 1. The van der Waals surface area contributed by atoms with Gasteiger partial charge in [-0.25, -0.2) is 0 Å². The zero-order valence-corrected chi connectivity index (χ0v) is 21.5. The second-order valence-corrected chi connectivity index (χ2v) is 8.44. The molecule has 0 radical (unpaired) electrons. The van der Waals surface area contributed by atoms with E-state index in [-0.39, 0.29) is 25.0 Å². The summed E-state index contributed by atoms with van der Waals surface area (Å²) in [6.45, 7) is 4.22. The highest BCUT2D eigenvalue weighted by Gasteiger charge is 2.30. The minimum atomic E-state index is -0.708. The molecular formula is C25H32Cl2N2O5. The van der Waals surface area contributed by atoms with E-state index in [9.17, 15) is 9.59 Å². The van der Waals surface area contributed by atoms with Crippen molar-refractivity contribution >= 4 is 35.0 Å². The highest BCUT2D eigenvalue weighted by molar-refractivity contribution is 6.36. The lowest BCUT2D eigenvalue weighted by Gasteiger charge is -2.31. The first kappa shape index (κ1) is 27.6.